The van der Waals surface area contributed by atoms with Crippen molar-refractivity contribution < 1.29 is 26.3 Å². The molecule has 0 unspecified atom stereocenters. The summed E-state index contributed by atoms with van der Waals surface area (Å²) in [7, 11) is -8.03. The first-order chi connectivity index (χ1) is 28.8. The maximum Gasteiger partial charge on any atom is 0.206 e. The lowest BCUT2D eigenvalue weighted by atomic mass is 9.71. The van der Waals surface area contributed by atoms with E-state index in [2.05, 4.69) is 20.8 Å². The van der Waals surface area contributed by atoms with Gasteiger partial charge in [0.1, 0.15) is 27.4 Å². The summed E-state index contributed by atoms with van der Waals surface area (Å²) < 4.78 is 70.4. The molecule has 0 bridgehead atoms. The van der Waals surface area contributed by atoms with Gasteiger partial charge in [0.05, 0.1) is 14.7 Å². The highest BCUT2D eigenvalue weighted by Gasteiger charge is 2.47. The molecule has 326 valence electrons. The van der Waals surface area contributed by atoms with Gasteiger partial charge >= 0.3 is 0 Å². The molecule has 0 heterocycles. The summed E-state index contributed by atoms with van der Waals surface area (Å²) in [5, 5.41) is 0. The highest BCUT2D eigenvalue weighted by molar-refractivity contribution is 8.04. The summed E-state index contributed by atoms with van der Waals surface area (Å²) in [6.45, 7) is 21.6. The molecule has 0 saturated carbocycles. The Labute approximate surface area is 378 Å². The average Bonchev–Trinajstić information content (AvgIpc) is 3.36. The van der Waals surface area contributed by atoms with E-state index in [4.69, 9.17) is 9.47 Å². The Bertz CT molecular complexity index is 2640. The molecule has 62 heavy (non-hydrogen) atoms. The molecular weight excluding hydrogens is 849 g/mol. The van der Waals surface area contributed by atoms with E-state index >= 15 is 8.42 Å². The first kappa shape index (κ1) is 47.0. The second kappa shape index (κ2) is 17.6. The van der Waals surface area contributed by atoms with E-state index in [-0.39, 0.29) is 20.1 Å². The maximum atomic E-state index is 15.8. The van der Waals surface area contributed by atoms with Crippen LogP contribution in [0.2, 0.25) is 0 Å². The van der Waals surface area contributed by atoms with E-state index in [0.29, 0.717) is 17.1 Å². The van der Waals surface area contributed by atoms with Crippen molar-refractivity contribution in [1.82, 2.24) is 0 Å². The van der Waals surface area contributed by atoms with Crippen molar-refractivity contribution in [2.75, 3.05) is 0 Å². The van der Waals surface area contributed by atoms with Gasteiger partial charge in [0, 0.05) is 25.0 Å². The molecule has 10 heteroatoms. The third-order valence-corrected chi connectivity index (χ3v) is 17.3. The molecule has 0 aliphatic heterocycles. The summed E-state index contributed by atoms with van der Waals surface area (Å²) in [4.78, 5) is 4.06. The lowest BCUT2D eigenvalue weighted by Crippen LogP contribution is -2.48. The Balaban J connectivity index is 1.41. The first-order valence-electron chi connectivity index (χ1n) is 20.6. The van der Waals surface area contributed by atoms with Crippen molar-refractivity contribution in [1.29, 1.82) is 0 Å². The Hall–Kier alpha value is -4.48. The van der Waals surface area contributed by atoms with Crippen LogP contribution < -0.4 is 9.47 Å². The summed E-state index contributed by atoms with van der Waals surface area (Å²) in [5.74, 6) is 0.875. The maximum absolute atomic E-state index is 15.8. The summed E-state index contributed by atoms with van der Waals surface area (Å²) in [6, 6.07) is 38.6. The fourth-order valence-corrected chi connectivity index (χ4v) is 12.3. The summed E-state index contributed by atoms with van der Waals surface area (Å²) in [5.41, 5.74) is -1.06. The molecule has 6 nitrogen and oxygen atoms in total. The first-order valence-corrected chi connectivity index (χ1v) is 25.2. The normalized spacial score (nSPS) is 15.0. The molecule has 1 aliphatic carbocycles. The fourth-order valence-electron chi connectivity index (χ4n) is 7.00. The number of thioether (sulfide) groups is 2. The summed E-state index contributed by atoms with van der Waals surface area (Å²) in [6.07, 6.45) is 7.67. The number of hydrogen-bond donors (Lipinski definition) is 0. The van der Waals surface area contributed by atoms with Crippen molar-refractivity contribution in [2.24, 2.45) is 0 Å². The SMILES string of the molecule is CC(C)(C)Oc1ccc(C(C)(C)C(C)(C)Oc2ccc(S(=O)(=O)c3ccc(C(C)(C)C)cc3)cc2)c(S(=O)(=O)C2(C)C=C(Sc3ccccc3)C=CC(Sc3ccccc3)=C2)c1. The molecule has 6 rings (SSSR count). The van der Waals surface area contributed by atoms with Gasteiger partial charge in [0.15, 0.2) is 9.84 Å². The van der Waals surface area contributed by atoms with Gasteiger partial charge in [-0.2, -0.15) is 0 Å². The molecule has 0 radical (unpaired) electrons. The lowest BCUT2D eigenvalue weighted by Gasteiger charge is -2.43. The number of ether oxygens (including phenoxy) is 2. The Kier molecular flexibility index (Phi) is 13.3. The van der Waals surface area contributed by atoms with Crippen LogP contribution in [0.15, 0.2) is 186 Å². The van der Waals surface area contributed by atoms with E-state index in [1.54, 1.807) is 49.4 Å². The Morgan fingerprint density at radius 2 is 0.984 bits per heavy atom. The highest BCUT2D eigenvalue weighted by atomic mass is 32.2. The van der Waals surface area contributed by atoms with Crippen LogP contribution in [0, 0.1) is 0 Å². The number of sulfone groups is 2. The van der Waals surface area contributed by atoms with Gasteiger partial charge in [0.25, 0.3) is 0 Å². The fraction of sp³-hybridized carbons (Fsp3) is 0.308. The molecule has 0 N–H and O–H groups in total. The van der Waals surface area contributed by atoms with E-state index in [1.165, 1.54) is 23.5 Å². The lowest BCUT2D eigenvalue weighted by molar-refractivity contribution is 0.0343. The number of allylic oxidation sites excluding steroid dienone is 2. The molecule has 0 fully saturated rings. The van der Waals surface area contributed by atoms with E-state index in [0.717, 1.165) is 25.2 Å². The largest absolute Gasteiger partial charge is 0.488 e. The van der Waals surface area contributed by atoms with Crippen molar-refractivity contribution in [3.63, 3.8) is 0 Å². The average molecular weight is 907 g/mol. The third-order valence-electron chi connectivity index (χ3n) is 11.2. The molecule has 0 aromatic heterocycles. The highest BCUT2D eigenvalue weighted by Crippen LogP contribution is 2.47. The summed E-state index contributed by atoms with van der Waals surface area (Å²) >= 11 is 3.03. The van der Waals surface area contributed by atoms with Gasteiger partial charge in [-0.15, -0.1) is 0 Å². The van der Waals surface area contributed by atoms with Gasteiger partial charge in [-0.05, 0) is 155 Å². The molecule has 0 saturated heterocycles. The van der Waals surface area contributed by atoms with Crippen LogP contribution in [-0.2, 0) is 30.5 Å². The molecule has 5 aromatic rings. The van der Waals surface area contributed by atoms with Crippen molar-refractivity contribution >= 4 is 43.2 Å². The van der Waals surface area contributed by atoms with Crippen LogP contribution in [0.4, 0.5) is 0 Å². The number of benzene rings is 5. The van der Waals surface area contributed by atoms with Gasteiger partial charge < -0.3 is 9.47 Å². The monoisotopic (exact) mass is 906 g/mol. The van der Waals surface area contributed by atoms with Crippen LogP contribution in [0.1, 0.15) is 87.3 Å². The van der Waals surface area contributed by atoms with Crippen LogP contribution in [0.5, 0.6) is 11.5 Å². The van der Waals surface area contributed by atoms with Gasteiger partial charge in [0.2, 0.25) is 9.84 Å². The van der Waals surface area contributed by atoms with E-state index in [1.807, 2.05) is 158 Å². The second-order valence-electron chi connectivity index (χ2n) is 18.8. The van der Waals surface area contributed by atoms with Gasteiger partial charge in [-0.3, -0.25) is 0 Å². The number of hydrogen-bond acceptors (Lipinski definition) is 8. The zero-order chi connectivity index (χ0) is 45.4. The molecule has 0 amide bonds. The minimum Gasteiger partial charge on any atom is -0.488 e. The van der Waals surface area contributed by atoms with Crippen LogP contribution in [0.3, 0.4) is 0 Å². The minimum absolute atomic E-state index is 0.107. The van der Waals surface area contributed by atoms with Gasteiger partial charge in [-0.1, -0.05) is 113 Å². The molecule has 0 atom stereocenters. The van der Waals surface area contributed by atoms with Crippen LogP contribution >= 0.6 is 23.5 Å². The Morgan fingerprint density at radius 3 is 1.44 bits per heavy atom. The Morgan fingerprint density at radius 1 is 0.532 bits per heavy atom. The smallest absolute Gasteiger partial charge is 0.206 e. The van der Waals surface area contributed by atoms with Crippen molar-refractivity contribution in [2.45, 2.75) is 127 Å². The zero-order valence-corrected chi connectivity index (χ0v) is 40.8. The van der Waals surface area contributed by atoms with E-state index in [9.17, 15) is 8.42 Å². The molecular formula is C52H58O6S4. The van der Waals surface area contributed by atoms with Crippen molar-refractivity contribution in [3.8, 4) is 11.5 Å². The topological polar surface area (TPSA) is 86.7 Å². The van der Waals surface area contributed by atoms with Crippen molar-refractivity contribution in [3.05, 3.63) is 173 Å². The van der Waals surface area contributed by atoms with Crippen LogP contribution in [0.25, 0.3) is 0 Å². The second-order valence-corrected chi connectivity index (χ2v) is 25.4. The van der Waals surface area contributed by atoms with Gasteiger partial charge in [-0.25, -0.2) is 16.8 Å². The number of rotatable bonds is 13. The minimum atomic E-state index is -4.24. The zero-order valence-electron chi connectivity index (χ0n) is 37.5. The molecule has 1 aliphatic rings. The van der Waals surface area contributed by atoms with E-state index < -0.39 is 41.0 Å². The standard InChI is InChI=1S/C52H58O6S4/c1-48(2,3)37-22-29-44(30-23-37)61(53,54)45-31-24-38(25-32-45)58-51(9,10)50(7,8)46-33-26-39(57-49(4,5)6)34-47(46)62(55,56)52(11)35-42(59-40-18-14-12-15-19-40)27-28-43(36-52)60-41-20-16-13-17-21-41/h12-36H,1-11H3. The third kappa shape index (κ3) is 10.5. The molecule has 0 spiro atoms. The quantitative estimate of drug-likeness (QED) is 0.115. The van der Waals surface area contributed by atoms with Crippen LogP contribution in [-0.4, -0.2) is 32.8 Å². The molecule has 5 aromatic carbocycles. The predicted molar refractivity (Wildman–Crippen MR) is 257 cm³/mol. The predicted octanol–water partition coefficient (Wildman–Crippen LogP) is 13.6.